The summed E-state index contributed by atoms with van der Waals surface area (Å²) < 4.78 is 33.2. The minimum atomic E-state index is -3.92. The van der Waals surface area contributed by atoms with Crippen LogP contribution in [0.1, 0.15) is 26.5 Å². The summed E-state index contributed by atoms with van der Waals surface area (Å²) in [6.07, 6.45) is 0.951. The van der Waals surface area contributed by atoms with Gasteiger partial charge in [-0.25, -0.2) is 22.9 Å². The molecule has 0 N–H and O–H groups in total. The van der Waals surface area contributed by atoms with E-state index in [1.165, 1.54) is 34.0 Å². The lowest BCUT2D eigenvalue weighted by atomic mass is 10.2. The number of amides is 1. The maximum Gasteiger partial charge on any atom is 0.410 e. The summed E-state index contributed by atoms with van der Waals surface area (Å²) in [6.45, 7) is 5.34. The van der Waals surface area contributed by atoms with E-state index < -0.39 is 21.5 Å². The number of nitrogens with zero attached hydrogens (tertiary/aromatic N) is 4. The van der Waals surface area contributed by atoms with Crippen LogP contribution in [0.3, 0.4) is 0 Å². The first-order valence-corrected chi connectivity index (χ1v) is 11.3. The molecule has 10 heteroatoms. The Kier molecular flexibility index (Phi) is 6.38. The van der Waals surface area contributed by atoms with Gasteiger partial charge in [0.1, 0.15) is 11.3 Å². The number of ether oxygens (including phenoxy) is 1. The molecule has 1 amide bonds. The van der Waals surface area contributed by atoms with Gasteiger partial charge in [0.15, 0.2) is 10.2 Å². The van der Waals surface area contributed by atoms with Crippen LogP contribution in [0.15, 0.2) is 64.6 Å². The first-order chi connectivity index (χ1) is 14.5. The molecule has 164 valence electrons. The molecule has 0 aliphatic carbocycles. The molecule has 3 rings (SSSR count). The lowest BCUT2D eigenvalue weighted by Crippen LogP contribution is -2.33. The van der Waals surface area contributed by atoms with Gasteiger partial charge in [0.05, 0.1) is 17.1 Å². The predicted molar refractivity (Wildman–Crippen MR) is 116 cm³/mol. The molecule has 0 radical (unpaired) electrons. The Morgan fingerprint density at radius 2 is 1.84 bits per heavy atom. The van der Waals surface area contributed by atoms with Crippen molar-refractivity contribution in [2.24, 2.45) is 0 Å². The van der Waals surface area contributed by atoms with Crippen LogP contribution in [-0.4, -0.2) is 46.8 Å². The Balaban J connectivity index is 2.05. The van der Waals surface area contributed by atoms with Gasteiger partial charge < -0.3 is 9.64 Å². The van der Waals surface area contributed by atoms with Crippen LogP contribution < -0.4 is 0 Å². The van der Waals surface area contributed by atoms with Crippen LogP contribution in [0.4, 0.5) is 4.79 Å². The van der Waals surface area contributed by atoms with Gasteiger partial charge >= 0.3 is 6.09 Å². The molecule has 3 aromatic rings. The third-order valence-corrected chi connectivity index (χ3v) is 6.15. The van der Waals surface area contributed by atoms with Crippen LogP contribution in [0.2, 0.25) is 5.15 Å². The Labute approximate surface area is 186 Å². The van der Waals surface area contributed by atoms with E-state index in [1.807, 2.05) is 0 Å². The van der Waals surface area contributed by atoms with E-state index >= 15 is 0 Å². The van der Waals surface area contributed by atoms with Crippen molar-refractivity contribution in [3.8, 4) is 5.69 Å². The van der Waals surface area contributed by atoms with Gasteiger partial charge in [0.25, 0.3) is 0 Å². The molecule has 0 saturated carbocycles. The van der Waals surface area contributed by atoms with Gasteiger partial charge in [-0.2, -0.15) is 5.10 Å². The number of aromatic nitrogens is 3. The van der Waals surface area contributed by atoms with E-state index in [2.05, 4.69) is 10.1 Å². The topological polar surface area (TPSA) is 94.4 Å². The average Bonchev–Trinajstić information content (AvgIpc) is 3.12. The highest BCUT2D eigenvalue weighted by Crippen LogP contribution is 2.27. The molecular weight excluding hydrogens is 440 g/mol. The van der Waals surface area contributed by atoms with Gasteiger partial charge in [-0.15, -0.1) is 0 Å². The zero-order valence-electron chi connectivity index (χ0n) is 17.6. The highest BCUT2D eigenvalue weighted by Gasteiger charge is 2.27. The minimum absolute atomic E-state index is 0.0388. The number of sulfone groups is 1. The summed E-state index contributed by atoms with van der Waals surface area (Å²) in [6, 6.07) is 12.7. The molecule has 2 aromatic heterocycles. The Morgan fingerprint density at radius 1 is 1.16 bits per heavy atom. The number of benzene rings is 1. The highest BCUT2D eigenvalue weighted by molar-refractivity contribution is 7.91. The van der Waals surface area contributed by atoms with Crippen molar-refractivity contribution in [2.75, 3.05) is 7.05 Å². The molecule has 0 atom stereocenters. The molecule has 0 aliphatic rings. The SMILES string of the molecule is CN(Cc1cc(S(=O)(=O)c2ccccc2)n(-c2cccnc2Cl)n1)C(=O)OC(C)(C)C. The maximum atomic E-state index is 13.3. The molecule has 1 aromatic carbocycles. The zero-order chi connectivity index (χ0) is 22.8. The lowest BCUT2D eigenvalue weighted by molar-refractivity contribution is 0.0283. The summed E-state index contributed by atoms with van der Waals surface area (Å²) in [5, 5.41) is 4.43. The van der Waals surface area contributed by atoms with Crippen molar-refractivity contribution in [3.05, 3.63) is 65.6 Å². The van der Waals surface area contributed by atoms with Crippen LogP contribution in [0.25, 0.3) is 5.69 Å². The van der Waals surface area contributed by atoms with Crippen molar-refractivity contribution in [1.29, 1.82) is 0 Å². The largest absolute Gasteiger partial charge is 0.444 e. The number of rotatable bonds is 5. The molecular formula is C21H23ClN4O4S. The summed E-state index contributed by atoms with van der Waals surface area (Å²) >= 11 is 6.21. The number of carbonyl (C=O) groups excluding carboxylic acids is 1. The molecule has 0 bridgehead atoms. The number of pyridine rings is 1. The smallest absolute Gasteiger partial charge is 0.410 e. The van der Waals surface area contributed by atoms with Crippen LogP contribution in [-0.2, 0) is 21.1 Å². The quantitative estimate of drug-likeness (QED) is 0.529. The minimum Gasteiger partial charge on any atom is -0.444 e. The standard InChI is InChI=1S/C21H23ClN4O4S/c1-21(2,3)30-20(27)25(4)14-15-13-18(31(28,29)16-9-6-5-7-10-16)26(24-15)17-11-8-12-23-19(17)22/h5-13H,14H2,1-4H3. The summed E-state index contributed by atoms with van der Waals surface area (Å²) in [7, 11) is -2.37. The van der Waals surface area contributed by atoms with Gasteiger partial charge in [0.2, 0.25) is 9.84 Å². The number of carbonyl (C=O) groups is 1. The fraction of sp³-hybridized carbons (Fsp3) is 0.286. The first kappa shape index (κ1) is 22.8. The van der Waals surface area contributed by atoms with Crippen molar-refractivity contribution >= 4 is 27.5 Å². The summed E-state index contributed by atoms with van der Waals surface area (Å²) in [4.78, 5) is 17.8. The molecule has 0 fully saturated rings. The average molecular weight is 463 g/mol. The monoisotopic (exact) mass is 462 g/mol. The highest BCUT2D eigenvalue weighted by atomic mass is 35.5. The number of hydrogen-bond donors (Lipinski definition) is 0. The lowest BCUT2D eigenvalue weighted by Gasteiger charge is -2.24. The number of halogens is 1. The van der Waals surface area contributed by atoms with E-state index in [9.17, 15) is 13.2 Å². The summed E-state index contributed by atoms with van der Waals surface area (Å²) in [5.41, 5.74) is 0.00284. The maximum absolute atomic E-state index is 13.3. The van der Waals surface area contributed by atoms with Crippen molar-refractivity contribution in [1.82, 2.24) is 19.7 Å². The zero-order valence-corrected chi connectivity index (χ0v) is 19.2. The van der Waals surface area contributed by atoms with E-state index in [1.54, 1.807) is 58.2 Å². The predicted octanol–water partition coefficient (Wildman–Crippen LogP) is 4.12. The Hall–Kier alpha value is -2.91. The van der Waals surface area contributed by atoms with E-state index in [4.69, 9.17) is 16.3 Å². The Bertz CT molecular complexity index is 1190. The van der Waals surface area contributed by atoms with E-state index in [0.29, 0.717) is 11.4 Å². The molecule has 0 unspecified atom stereocenters. The second-order valence-electron chi connectivity index (χ2n) is 7.85. The van der Waals surface area contributed by atoms with E-state index in [-0.39, 0.29) is 21.6 Å². The number of hydrogen-bond acceptors (Lipinski definition) is 6. The molecule has 2 heterocycles. The van der Waals surface area contributed by atoms with Gasteiger partial charge in [-0.1, -0.05) is 29.8 Å². The molecule has 0 saturated heterocycles. The normalized spacial score (nSPS) is 11.9. The molecule has 0 spiro atoms. The van der Waals surface area contributed by atoms with Gasteiger partial charge in [-0.05, 0) is 45.0 Å². The van der Waals surface area contributed by atoms with Crippen molar-refractivity contribution < 1.29 is 17.9 Å². The van der Waals surface area contributed by atoms with Crippen LogP contribution in [0.5, 0.6) is 0 Å². The van der Waals surface area contributed by atoms with Gasteiger partial charge in [-0.3, -0.25) is 0 Å². The first-order valence-electron chi connectivity index (χ1n) is 9.43. The molecule has 8 nitrogen and oxygen atoms in total. The fourth-order valence-corrected chi connectivity index (χ4v) is 4.37. The third-order valence-electron chi connectivity index (χ3n) is 4.13. The van der Waals surface area contributed by atoms with Gasteiger partial charge in [0, 0.05) is 19.3 Å². The van der Waals surface area contributed by atoms with Crippen molar-refractivity contribution in [2.45, 2.75) is 42.8 Å². The van der Waals surface area contributed by atoms with E-state index in [0.717, 1.165) is 0 Å². The van der Waals surface area contributed by atoms with Crippen molar-refractivity contribution in [3.63, 3.8) is 0 Å². The fourth-order valence-electron chi connectivity index (χ4n) is 2.75. The van der Waals surface area contributed by atoms with Crippen LogP contribution in [0, 0.1) is 0 Å². The summed E-state index contributed by atoms with van der Waals surface area (Å²) in [5.74, 6) is 0. The molecule has 0 aliphatic heterocycles. The second-order valence-corrected chi connectivity index (χ2v) is 10.1. The van der Waals surface area contributed by atoms with Crippen LogP contribution >= 0.6 is 11.6 Å². The third kappa shape index (κ3) is 5.23. The Morgan fingerprint density at radius 3 is 2.45 bits per heavy atom. The molecule has 31 heavy (non-hydrogen) atoms. The second kappa shape index (κ2) is 8.68.